The molecule has 3 aromatic rings. The number of aromatic nitrogens is 4. The molecule has 3 N–H and O–H groups in total. The Hall–Kier alpha value is -3.59. The molecular weight excluding hydrogens is 456 g/mol. The van der Waals surface area contributed by atoms with Crippen molar-refractivity contribution in [2.24, 2.45) is 17.3 Å². The van der Waals surface area contributed by atoms with E-state index >= 15 is 0 Å². The number of carbonyl (C=O) groups excluding carboxylic acids is 2. The maximum atomic E-state index is 12.7. The first-order valence-electron chi connectivity index (χ1n) is 12.6. The van der Waals surface area contributed by atoms with Gasteiger partial charge in [0.25, 0.3) is 5.91 Å². The molecule has 2 aromatic carbocycles. The summed E-state index contributed by atoms with van der Waals surface area (Å²) >= 11 is 0. The number of hydrogen-bond acceptors (Lipinski definition) is 6. The monoisotopic (exact) mass is 486 g/mol. The van der Waals surface area contributed by atoms with Gasteiger partial charge in [-0.2, -0.15) is 4.80 Å². The van der Waals surface area contributed by atoms with Gasteiger partial charge >= 0.3 is 0 Å². The van der Waals surface area contributed by atoms with Gasteiger partial charge in [0.05, 0.1) is 12.1 Å². The number of rotatable bonds is 6. The van der Waals surface area contributed by atoms with Crippen LogP contribution in [0.3, 0.4) is 0 Å². The zero-order valence-electron chi connectivity index (χ0n) is 20.1. The van der Waals surface area contributed by atoms with Crippen molar-refractivity contribution in [3.8, 4) is 11.4 Å². The summed E-state index contributed by atoms with van der Waals surface area (Å²) in [6, 6.07) is 16.7. The molecule has 0 saturated heterocycles. The lowest BCUT2D eigenvalue weighted by atomic mass is 9.47. The Bertz CT molecular complexity index is 1260. The minimum Gasteiger partial charge on any atom is -0.390 e. The van der Waals surface area contributed by atoms with Crippen molar-refractivity contribution in [2.45, 2.75) is 57.1 Å². The fourth-order valence-corrected chi connectivity index (χ4v) is 7.13. The molecule has 4 aliphatic carbocycles. The maximum Gasteiger partial charge on any atom is 0.269 e. The van der Waals surface area contributed by atoms with Gasteiger partial charge in [0.15, 0.2) is 0 Å². The number of amides is 2. The minimum atomic E-state index is -0.597. The summed E-state index contributed by atoms with van der Waals surface area (Å²) < 4.78 is 0. The van der Waals surface area contributed by atoms with Gasteiger partial charge in [-0.05, 0) is 78.7 Å². The van der Waals surface area contributed by atoms with Gasteiger partial charge in [-0.15, -0.1) is 10.2 Å². The van der Waals surface area contributed by atoms with E-state index < -0.39 is 5.60 Å². The van der Waals surface area contributed by atoms with Gasteiger partial charge < -0.3 is 5.11 Å². The molecule has 2 atom stereocenters. The van der Waals surface area contributed by atoms with E-state index in [1.807, 2.05) is 42.5 Å². The standard InChI is InChI=1S/C27H30N6O3/c34-23(15-26-11-19-10-20(12-26)14-27(36,13-19)17-26)28-30-25(35)22-8-6-18(7-9-22)16-33-31-24(29-32-33)21-4-2-1-3-5-21/h1-9,19-20,36H,10-17H2,(H,28,34)(H,30,35). The molecule has 4 bridgehead atoms. The summed E-state index contributed by atoms with van der Waals surface area (Å²) in [7, 11) is 0. The van der Waals surface area contributed by atoms with Crippen molar-refractivity contribution in [3.63, 3.8) is 0 Å². The smallest absolute Gasteiger partial charge is 0.269 e. The Morgan fingerprint density at radius 1 is 0.972 bits per heavy atom. The van der Waals surface area contributed by atoms with Crippen LogP contribution in [0.4, 0.5) is 0 Å². The fraction of sp³-hybridized carbons (Fsp3) is 0.444. The third kappa shape index (κ3) is 4.63. The highest BCUT2D eigenvalue weighted by molar-refractivity contribution is 5.95. The summed E-state index contributed by atoms with van der Waals surface area (Å²) in [6.45, 7) is 0.425. The Balaban J connectivity index is 1.02. The molecule has 4 aliphatic rings. The van der Waals surface area contributed by atoms with E-state index in [-0.39, 0.29) is 17.2 Å². The van der Waals surface area contributed by atoms with E-state index in [0.29, 0.717) is 42.6 Å². The first kappa shape index (κ1) is 22.8. The van der Waals surface area contributed by atoms with Crippen molar-refractivity contribution >= 4 is 11.8 Å². The molecule has 186 valence electrons. The van der Waals surface area contributed by atoms with Crippen LogP contribution in [-0.4, -0.2) is 42.7 Å². The minimum absolute atomic E-state index is 0.134. The molecule has 1 aromatic heterocycles. The Morgan fingerprint density at radius 3 is 2.39 bits per heavy atom. The van der Waals surface area contributed by atoms with Crippen LogP contribution in [0.1, 0.15) is 60.9 Å². The zero-order valence-corrected chi connectivity index (χ0v) is 20.1. The van der Waals surface area contributed by atoms with Crippen LogP contribution in [-0.2, 0) is 11.3 Å². The molecule has 9 heteroatoms. The molecule has 2 unspecified atom stereocenters. The van der Waals surface area contributed by atoms with Crippen molar-refractivity contribution < 1.29 is 14.7 Å². The third-order valence-corrected chi connectivity index (χ3v) is 8.03. The van der Waals surface area contributed by atoms with E-state index in [1.165, 1.54) is 11.2 Å². The second kappa shape index (κ2) is 8.81. The van der Waals surface area contributed by atoms with Crippen LogP contribution in [0.15, 0.2) is 54.6 Å². The van der Waals surface area contributed by atoms with Crippen LogP contribution >= 0.6 is 0 Å². The van der Waals surface area contributed by atoms with E-state index in [0.717, 1.165) is 36.8 Å². The number of benzene rings is 2. The second-order valence-corrected chi connectivity index (χ2v) is 11.1. The molecule has 4 fully saturated rings. The number of nitrogens with zero attached hydrogens (tertiary/aromatic N) is 4. The number of aliphatic hydroxyl groups is 1. The van der Waals surface area contributed by atoms with E-state index in [4.69, 9.17) is 0 Å². The second-order valence-electron chi connectivity index (χ2n) is 11.1. The molecule has 4 saturated carbocycles. The first-order valence-corrected chi connectivity index (χ1v) is 12.6. The molecule has 1 heterocycles. The SMILES string of the molecule is O=C(CC12CC3CC(CC(O)(C3)C1)C2)NNC(=O)c1ccc(Cn2nnc(-c3ccccc3)n2)cc1. The number of tetrazole rings is 1. The zero-order chi connectivity index (χ0) is 24.8. The largest absolute Gasteiger partial charge is 0.390 e. The summed E-state index contributed by atoms with van der Waals surface area (Å²) in [4.78, 5) is 26.8. The molecule has 7 rings (SSSR count). The topological polar surface area (TPSA) is 122 Å². The lowest BCUT2D eigenvalue weighted by Crippen LogP contribution is -2.57. The molecule has 0 radical (unpaired) electrons. The number of hydrogen-bond donors (Lipinski definition) is 3. The predicted octanol–water partition coefficient (Wildman–Crippen LogP) is 2.87. The van der Waals surface area contributed by atoms with Gasteiger partial charge in [0.2, 0.25) is 11.7 Å². The lowest BCUT2D eigenvalue weighted by Gasteiger charge is -2.60. The van der Waals surface area contributed by atoms with E-state index in [2.05, 4.69) is 26.3 Å². The molecule has 36 heavy (non-hydrogen) atoms. The van der Waals surface area contributed by atoms with Gasteiger partial charge in [-0.1, -0.05) is 42.5 Å². The number of carbonyl (C=O) groups is 2. The van der Waals surface area contributed by atoms with Gasteiger partial charge in [0, 0.05) is 17.5 Å². The van der Waals surface area contributed by atoms with Crippen molar-refractivity contribution in [1.29, 1.82) is 0 Å². The van der Waals surface area contributed by atoms with Crippen molar-refractivity contribution in [3.05, 3.63) is 65.7 Å². The van der Waals surface area contributed by atoms with Crippen LogP contribution in [0.2, 0.25) is 0 Å². The molecule has 0 aliphatic heterocycles. The molecule has 9 nitrogen and oxygen atoms in total. The first-order chi connectivity index (χ1) is 17.4. The normalized spacial score (nSPS) is 28.1. The quantitative estimate of drug-likeness (QED) is 0.461. The van der Waals surface area contributed by atoms with Crippen molar-refractivity contribution in [2.75, 3.05) is 0 Å². The average molecular weight is 487 g/mol. The van der Waals surface area contributed by atoms with Gasteiger partial charge in [-0.25, -0.2) is 0 Å². The summed E-state index contributed by atoms with van der Waals surface area (Å²) in [6.07, 6.45) is 5.98. The van der Waals surface area contributed by atoms with E-state index in [1.54, 1.807) is 12.1 Å². The summed E-state index contributed by atoms with van der Waals surface area (Å²) in [5.41, 5.74) is 6.67. The Morgan fingerprint density at radius 2 is 1.69 bits per heavy atom. The van der Waals surface area contributed by atoms with E-state index in [9.17, 15) is 14.7 Å². The summed E-state index contributed by atoms with van der Waals surface area (Å²) in [5.74, 6) is 1.04. The Labute approximate surface area is 209 Å². The highest BCUT2D eigenvalue weighted by Gasteiger charge is 2.57. The molecule has 2 amide bonds. The van der Waals surface area contributed by atoms with Gasteiger partial charge in [-0.3, -0.25) is 20.4 Å². The molecule has 0 spiro atoms. The molecular formula is C27H30N6O3. The Kier molecular flexibility index (Phi) is 5.59. The van der Waals surface area contributed by atoms with Crippen LogP contribution in [0.25, 0.3) is 11.4 Å². The maximum absolute atomic E-state index is 12.7. The van der Waals surface area contributed by atoms with Crippen molar-refractivity contribution in [1.82, 2.24) is 31.1 Å². The number of hydrazine groups is 1. The predicted molar refractivity (Wildman–Crippen MR) is 131 cm³/mol. The third-order valence-electron chi connectivity index (χ3n) is 8.03. The van der Waals surface area contributed by atoms with Crippen LogP contribution < -0.4 is 10.9 Å². The highest BCUT2D eigenvalue weighted by atomic mass is 16.3. The highest BCUT2D eigenvalue weighted by Crippen LogP contribution is 2.62. The number of nitrogens with one attached hydrogen (secondary N) is 2. The van der Waals surface area contributed by atoms with Crippen LogP contribution in [0, 0.1) is 17.3 Å². The van der Waals surface area contributed by atoms with Crippen LogP contribution in [0.5, 0.6) is 0 Å². The summed E-state index contributed by atoms with van der Waals surface area (Å²) in [5, 5.41) is 23.5. The van der Waals surface area contributed by atoms with Gasteiger partial charge in [0.1, 0.15) is 0 Å². The average Bonchev–Trinajstić information content (AvgIpc) is 3.30. The fourth-order valence-electron chi connectivity index (χ4n) is 7.13. The lowest BCUT2D eigenvalue weighted by molar-refractivity contribution is -0.169.